The van der Waals surface area contributed by atoms with Gasteiger partial charge in [0.1, 0.15) is 0 Å². The van der Waals surface area contributed by atoms with Gasteiger partial charge in [0.05, 0.1) is 12.1 Å². The van der Waals surface area contributed by atoms with Gasteiger partial charge in [-0.05, 0) is 32.0 Å². The van der Waals surface area contributed by atoms with E-state index in [-0.39, 0.29) is 0 Å². The average molecular weight is 290 g/mol. The predicted molar refractivity (Wildman–Crippen MR) is 79.4 cm³/mol. The molecule has 0 aromatic carbocycles. The van der Waals surface area contributed by atoms with E-state index in [4.69, 9.17) is 4.52 Å². The van der Waals surface area contributed by atoms with Gasteiger partial charge in [-0.1, -0.05) is 19.0 Å². The first-order valence-electron chi connectivity index (χ1n) is 7.20. The third-order valence-electron chi connectivity index (χ3n) is 3.67. The lowest BCUT2D eigenvalue weighted by molar-refractivity contribution is -0.000576. The van der Waals surface area contributed by atoms with Gasteiger partial charge in [0.2, 0.25) is 11.7 Å². The Morgan fingerprint density at radius 1 is 1.33 bits per heavy atom. The molecule has 0 aliphatic carbocycles. The molecule has 2 aromatic heterocycles. The van der Waals surface area contributed by atoms with Crippen molar-refractivity contribution in [1.29, 1.82) is 0 Å². The van der Waals surface area contributed by atoms with Crippen LogP contribution in [-0.4, -0.2) is 44.3 Å². The Morgan fingerprint density at radius 2 is 2.10 bits per heavy atom. The molecule has 0 radical (unpaired) electrons. The largest absolute Gasteiger partial charge is 0.389 e. The predicted octanol–water partition coefficient (Wildman–Crippen LogP) is 2.11. The van der Waals surface area contributed by atoms with Crippen molar-refractivity contribution >= 4 is 0 Å². The van der Waals surface area contributed by atoms with Crippen LogP contribution in [0.15, 0.2) is 29.0 Å². The Hall–Kier alpha value is -1.79. The van der Waals surface area contributed by atoms with Crippen LogP contribution in [0.1, 0.15) is 32.6 Å². The van der Waals surface area contributed by atoms with E-state index in [0.29, 0.717) is 24.8 Å². The van der Waals surface area contributed by atoms with E-state index in [2.05, 4.69) is 15.1 Å². The lowest BCUT2D eigenvalue weighted by Crippen LogP contribution is -2.40. The fourth-order valence-electron chi connectivity index (χ4n) is 2.19. The van der Waals surface area contributed by atoms with E-state index >= 15 is 0 Å². The van der Waals surface area contributed by atoms with Crippen LogP contribution >= 0.6 is 0 Å². The summed E-state index contributed by atoms with van der Waals surface area (Å²) < 4.78 is 5.26. The summed E-state index contributed by atoms with van der Waals surface area (Å²) in [5.41, 5.74) is 0.162. The van der Waals surface area contributed by atoms with Crippen LogP contribution in [0.2, 0.25) is 0 Å². The molecule has 0 aliphatic heterocycles. The minimum absolute atomic E-state index is 0.509. The normalized spacial score (nSPS) is 12.0. The van der Waals surface area contributed by atoms with Crippen LogP contribution in [0, 0.1) is 0 Å². The number of rotatable bonds is 7. The molecule has 0 unspecified atom stereocenters. The average Bonchev–Trinajstić information content (AvgIpc) is 2.96. The van der Waals surface area contributed by atoms with E-state index in [0.717, 1.165) is 18.4 Å². The number of aromatic nitrogens is 3. The van der Waals surface area contributed by atoms with E-state index in [1.165, 1.54) is 0 Å². The zero-order chi connectivity index (χ0) is 15.3. The van der Waals surface area contributed by atoms with Crippen molar-refractivity contribution in [2.45, 2.75) is 38.8 Å². The van der Waals surface area contributed by atoms with Crippen LogP contribution in [-0.2, 0) is 6.54 Å². The van der Waals surface area contributed by atoms with Gasteiger partial charge in [0.15, 0.2) is 0 Å². The highest BCUT2D eigenvalue weighted by atomic mass is 16.5. The first-order valence-corrected chi connectivity index (χ1v) is 7.20. The van der Waals surface area contributed by atoms with E-state index in [9.17, 15) is 5.11 Å². The molecule has 1 N–H and O–H groups in total. The fourth-order valence-corrected chi connectivity index (χ4v) is 2.19. The molecule has 2 heterocycles. The van der Waals surface area contributed by atoms with Gasteiger partial charge in [-0.15, -0.1) is 0 Å². The zero-order valence-corrected chi connectivity index (χ0v) is 12.8. The van der Waals surface area contributed by atoms with Crippen molar-refractivity contribution in [3.05, 3.63) is 30.4 Å². The molecule has 2 aromatic rings. The van der Waals surface area contributed by atoms with Gasteiger partial charge in [0.25, 0.3) is 0 Å². The molecular formula is C15H22N4O2. The minimum Gasteiger partial charge on any atom is -0.389 e. The molecule has 0 amide bonds. The second-order valence-electron chi connectivity index (χ2n) is 5.36. The molecule has 0 bridgehead atoms. The summed E-state index contributed by atoms with van der Waals surface area (Å²) in [5, 5.41) is 14.3. The summed E-state index contributed by atoms with van der Waals surface area (Å²) in [6, 6.07) is 3.72. The van der Waals surface area contributed by atoms with Crippen LogP contribution in [0.25, 0.3) is 11.4 Å². The molecule has 0 aliphatic rings. The van der Waals surface area contributed by atoms with Crippen LogP contribution in [0.3, 0.4) is 0 Å². The van der Waals surface area contributed by atoms with Crippen molar-refractivity contribution in [2.24, 2.45) is 0 Å². The Kier molecular flexibility index (Phi) is 5.03. The van der Waals surface area contributed by atoms with Crippen LogP contribution in [0.4, 0.5) is 0 Å². The Labute approximate surface area is 124 Å². The highest BCUT2D eigenvalue weighted by Crippen LogP contribution is 2.18. The maximum atomic E-state index is 10.3. The van der Waals surface area contributed by atoms with Crippen LogP contribution in [0.5, 0.6) is 0 Å². The molecule has 114 valence electrons. The topological polar surface area (TPSA) is 75.3 Å². The molecule has 0 fully saturated rings. The van der Waals surface area contributed by atoms with E-state index < -0.39 is 5.60 Å². The molecule has 0 spiro atoms. The molecular weight excluding hydrogens is 268 g/mol. The van der Waals surface area contributed by atoms with E-state index in [1.54, 1.807) is 12.4 Å². The van der Waals surface area contributed by atoms with Gasteiger partial charge in [-0.3, -0.25) is 9.88 Å². The number of aliphatic hydroxyl groups is 1. The van der Waals surface area contributed by atoms with Crippen molar-refractivity contribution in [2.75, 3.05) is 13.6 Å². The van der Waals surface area contributed by atoms with Gasteiger partial charge >= 0.3 is 0 Å². The SMILES string of the molecule is CCC(O)(CC)CN(C)Cc1nc(-c2cccnc2)no1. The lowest BCUT2D eigenvalue weighted by atomic mass is 9.97. The lowest BCUT2D eigenvalue weighted by Gasteiger charge is -2.29. The smallest absolute Gasteiger partial charge is 0.241 e. The second-order valence-corrected chi connectivity index (χ2v) is 5.36. The first-order chi connectivity index (χ1) is 10.1. The number of nitrogens with zero attached hydrogens (tertiary/aromatic N) is 4. The van der Waals surface area contributed by atoms with Gasteiger partial charge < -0.3 is 9.63 Å². The molecule has 6 heteroatoms. The van der Waals surface area contributed by atoms with Crippen molar-refractivity contribution in [3.8, 4) is 11.4 Å². The van der Waals surface area contributed by atoms with Crippen LogP contribution < -0.4 is 0 Å². The summed E-state index contributed by atoms with van der Waals surface area (Å²) in [4.78, 5) is 10.4. The number of pyridine rings is 1. The molecule has 0 saturated heterocycles. The summed E-state index contributed by atoms with van der Waals surface area (Å²) in [5.74, 6) is 1.07. The van der Waals surface area contributed by atoms with E-state index in [1.807, 2.05) is 37.9 Å². The fraction of sp³-hybridized carbons (Fsp3) is 0.533. The summed E-state index contributed by atoms with van der Waals surface area (Å²) >= 11 is 0. The molecule has 6 nitrogen and oxygen atoms in total. The number of hydrogen-bond donors (Lipinski definition) is 1. The van der Waals surface area contributed by atoms with Crippen molar-refractivity contribution in [3.63, 3.8) is 0 Å². The Bertz CT molecular complexity index is 552. The van der Waals surface area contributed by atoms with Crippen molar-refractivity contribution < 1.29 is 9.63 Å². The monoisotopic (exact) mass is 290 g/mol. The second kappa shape index (κ2) is 6.78. The zero-order valence-electron chi connectivity index (χ0n) is 12.8. The van der Waals surface area contributed by atoms with Gasteiger partial charge in [0, 0.05) is 24.5 Å². The maximum absolute atomic E-state index is 10.3. The number of likely N-dealkylation sites (N-methyl/N-ethyl adjacent to an activating group) is 1. The third-order valence-corrected chi connectivity index (χ3v) is 3.67. The highest BCUT2D eigenvalue weighted by molar-refractivity contribution is 5.51. The minimum atomic E-state index is -0.666. The summed E-state index contributed by atoms with van der Waals surface area (Å²) in [7, 11) is 1.93. The number of hydrogen-bond acceptors (Lipinski definition) is 6. The Balaban J connectivity index is 1.99. The highest BCUT2D eigenvalue weighted by Gasteiger charge is 2.24. The quantitative estimate of drug-likeness (QED) is 0.841. The maximum Gasteiger partial charge on any atom is 0.241 e. The Morgan fingerprint density at radius 3 is 2.71 bits per heavy atom. The molecule has 0 atom stereocenters. The molecule has 0 saturated carbocycles. The van der Waals surface area contributed by atoms with Crippen molar-refractivity contribution in [1.82, 2.24) is 20.0 Å². The first kappa shape index (κ1) is 15.6. The van der Waals surface area contributed by atoms with Gasteiger partial charge in [-0.25, -0.2) is 0 Å². The standard InChI is InChI=1S/C15H22N4O2/c1-4-15(20,5-2)11-19(3)10-13-17-14(18-21-13)12-7-6-8-16-9-12/h6-9,20H,4-5,10-11H2,1-3H3. The molecule has 21 heavy (non-hydrogen) atoms. The summed E-state index contributed by atoms with van der Waals surface area (Å²) in [6.07, 6.45) is 4.84. The van der Waals surface area contributed by atoms with Gasteiger partial charge in [-0.2, -0.15) is 4.98 Å². The third kappa shape index (κ3) is 4.09. The molecule has 2 rings (SSSR count). The summed E-state index contributed by atoms with van der Waals surface area (Å²) in [6.45, 7) is 5.06.